The van der Waals surface area contributed by atoms with Crippen LogP contribution in [0.15, 0.2) is 48.7 Å². The minimum Gasteiger partial charge on any atom is -0.396 e. The van der Waals surface area contributed by atoms with Gasteiger partial charge in [0.1, 0.15) is 5.15 Å². The zero-order chi connectivity index (χ0) is 27.8. The molecule has 3 aromatic rings. The molecule has 2 heterocycles. The van der Waals surface area contributed by atoms with Crippen LogP contribution in [0.3, 0.4) is 0 Å². The number of thiazole rings is 1. The van der Waals surface area contributed by atoms with E-state index >= 15 is 0 Å². The van der Waals surface area contributed by atoms with E-state index in [0.717, 1.165) is 16.1 Å². The molecular formula is C29H33ClN4O4S. The van der Waals surface area contributed by atoms with Crippen molar-refractivity contribution in [2.75, 3.05) is 11.9 Å². The molecular weight excluding hydrogens is 536 g/mol. The van der Waals surface area contributed by atoms with E-state index in [4.69, 9.17) is 16.6 Å². The summed E-state index contributed by atoms with van der Waals surface area (Å²) in [5.74, 6) is -0.737. The van der Waals surface area contributed by atoms with Crippen molar-refractivity contribution in [1.29, 1.82) is 0 Å². The molecule has 4 N–H and O–H groups in total. The van der Waals surface area contributed by atoms with Crippen LogP contribution in [-0.2, 0) is 17.8 Å². The molecule has 0 saturated heterocycles. The largest absolute Gasteiger partial charge is 0.396 e. The molecule has 1 saturated carbocycles. The van der Waals surface area contributed by atoms with Crippen LogP contribution in [0, 0.1) is 16.7 Å². The van der Waals surface area contributed by atoms with E-state index in [0.29, 0.717) is 36.5 Å². The van der Waals surface area contributed by atoms with E-state index in [1.165, 1.54) is 23.6 Å². The van der Waals surface area contributed by atoms with Crippen LogP contribution in [0.1, 0.15) is 65.5 Å². The predicted octanol–water partition coefficient (Wildman–Crippen LogP) is 4.57. The molecule has 5 rings (SSSR count). The maximum Gasteiger partial charge on any atom is 0.257 e. The van der Waals surface area contributed by atoms with E-state index in [1.54, 1.807) is 6.07 Å². The number of aliphatic hydroxyl groups excluding tert-OH is 2. The van der Waals surface area contributed by atoms with Crippen LogP contribution in [0.4, 0.5) is 5.13 Å². The number of anilines is 1. The molecule has 0 bridgehead atoms. The molecule has 2 aromatic heterocycles. The van der Waals surface area contributed by atoms with Crippen LogP contribution in [0.5, 0.6) is 0 Å². The Kier molecular flexibility index (Phi) is 7.79. The highest BCUT2D eigenvalue weighted by Crippen LogP contribution is 2.62. The maximum atomic E-state index is 13.3. The summed E-state index contributed by atoms with van der Waals surface area (Å²) in [7, 11) is 0. The van der Waals surface area contributed by atoms with Gasteiger partial charge in [-0.05, 0) is 48.3 Å². The quantitative estimate of drug-likeness (QED) is 0.310. The summed E-state index contributed by atoms with van der Waals surface area (Å²) in [6, 6.07) is 12.8. The SMILES string of the molecule is CC1(CO)C(O)CCC2(C)C(CC(=O)NCc3ccccc3)c3nc(NC(=O)c4ccnc(Cl)c4)sc3CC12. The number of nitrogens with one attached hydrogen (secondary N) is 2. The smallest absolute Gasteiger partial charge is 0.257 e. The highest BCUT2D eigenvalue weighted by molar-refractivity contribution is 7.15. The van der Waals surface area contributed by atoms with Crippen LogP contribution < -0.4 is 10.6 Å². The summed E-state index contributed by atoms with van der Waals surface area (Å²) in [5.41, 5.74) is 1.11. The average Bonchev–Trinajstić information content (AvgIpc) is 3.33. The number of hydrogen-bond acceptors (Lipinski definition) is 7. The fourth-order valence-corrected chi connectivity index (χ4v) is 7.70. The van der Waals surface area contributed by atoms with Crippen molar-refractivity contribution in [3.8, 4) is 0 Å². The van der Waals surface area contributed by atoms with Crippen molar-refractivity contribution in [3.63, 3.8) is 0 Å². The molecule has 10 heteroatoms. The lowest BCUT2D eigenvalue weighted by molar-refractivity contribution is -0.144. The summed E-state index contributed by atoms with van der Waals surface area (Å²) >= 11 is 7.35. The van der Waals surface area contributed by atoms with Crippen molar-refractivity contribution in [3.05, 3.63) is 75.5 Å². The molecule has 0 spiro atoms. The third kappa shape index (κ3) is 5.33. The fraction of sp³-hybridized carbons (Fsp3) is 0.448. The van der Waals surface area contributed by atoms with Gasteiger partial charge in [0.15, 0.2) is 5.13 Å². The summed E-state index contributed by atoms with van der Waals surface area (Å²) in [6.45, 7) is 4.38. The van der Waals surface area contributed by atoms with Gasteiger partial charge >= 0.3 is 0 Å². The summed E-state index contributed by atoms with van der Waals surface area (Å²) in [5, 5.41) is 28.0. The van der Waals surface area contributed by atoms with Gasteiger partial charge in [0.25, 0.3) is 5.91 Å². The van der Waals surface area contributed by atoms with Gasteiger partial charge in [0, 0.05) is 40.9 Å². The molecule has 2 aliphatic carbocycles. The van der Waals surface area contributed by atoms with E-state index in [2.05, 4.69) is 22.5 Å². The fourth-order valence-electron chi connectivity index (χ4n) is 6.47. The molecule has 1 fully saturated rings. The Balaban J connectivity index is 1.45. The molecule has 206 valence electrons. The number of rotatable bonds is 7. The van der Waals surface area contributed by atoms with Crippen molar-refractivity contribution in [1.82, 2.24) is 15.3 Å². The number of carbonyl (C=O) groups is 2. The first-order valence-corrected chi connectivity index (χ1v) is 14.4. The highest BCUT2D eigenvalue weighted by atomic mass is 35.5. The monoisotopic (exact) mass is 568 g/mol. The van der Waals surface area contributed by atoms with Gasteiger partial charge in [-0.25, -0.2) is 9.97 Å². The molecule has 8 nitrogen and oxygen atoms in total. The minimum absolute atomic E-state index is 0.0684. The molecule has 1 aromatic carbocycles. The van der Waals surface area contributed by atoms with Gasteiger partial charge in [-0.3, -0.25) is 14.9 Å². The number of pyridine rings is 1. The van der Waals surface area contributed by atoms with Gasteiger partial charge in [-0.1, -0.05) is 55.8 Å². The van der Waals surface area contributed by atoms with Crippen LogP contribution in [0.2, 0.25) is 5.15 Å². The second-order valence-electron chi connectivity index (χ2n) is 11.1. The van der Waals surface area contributed by atoms with Crippen molar-refractivity contribution in [2.24, 2.45) is 16.7 Å². The Morgan fingerprint density at radius 2 is 1.97 bits per heavy atom. The zero-order valence-corrected chi connectivity index (χ0v) is 23.6. The molecule has 0 aliphatic heterocycles. The summed E-state index contributed by atoms with van der Waals surface area (Å²) < 4.78 is 0. The number of aliphatic hydroxyl groups is 2. The lowest BCUT2D eigenvalue weighted by atomic mass is 9.47. The molecule has 0 radical (unpaired) electrons. The van der Waals surface area contributed by atoms with Crippen LogP contribution in [-0.4, -0.2) is 44.7 Å². The molecule has 39 heavy (non-hydrogen) atoms. The molecule has 5 atom stereocenters. The molecule has 2 aliphatic rings. The first kappa shape index (κ1) is 27.7. The van der Waals surface area contributed by atoms with Gasteiger partial charge < -0.3 is 15.5 Å². The van der Waals surface area contributed by atoms with Gasteiger partial charge in [0.05, 0.1) is 18.4 Å². The number of aromatic nitrogens is 2. The number of amides is 2. The minimum atomic E-state index is -0.718. The van der Waals surface area contributed by atoms with Crippen LogP contribution in [0.25, 0.3) is 0 Å². The highest BCUT2D eigenvalue weighted by Gasteiger charge is 2.59. The van der Waals surface area contributed by atoms with Crippen molar-refractivity contribution < 1.29 is 19.8 Å². The third-order valence-corrected chi connectivity index (χ3v) is 10.0. The Bertz CT molecular complexity index is 1370. The molecule has 5 unspecified atom stereocenters. The third-order valence-electron chi connectivity index (χ3n) is 8.82. The van der Waals surface area contributed by atoms with E-state index in [9.17, 15) is 19.8 Å². The second kappa shape index (κ2) is 11.0. The Hall–Kier alpha value is -2.85. The number of hydrogen-bond donors (Lipinski definition) is 4. The van der Waals surface area contributed by atoms with Crippen molar-refractivity contribution >= 4 is 39.9 Å². The van der Waals surface area contributed by atoms with Crippen LogP contribution >= 0.6 is 22.9 Å². The van der Waals surface area contributed by atoms with Gasteiger partial charge in [0.2, 0.25) is 5.91 Å². The van der Waals surface area contributed by atoms with E-state index in [1.807, 2.05) is 37.3 Å². The average molecular weight is 569 g/mol. The topological polar surface area (TPSA) is 124 Å². The lowest BCUT2D eigenvalue weighted by Gasteiger charge is -2.58. The molecule has 2 amide bonds. The van der Waals surface area contributed by atoms with Crippen molar-refractivity contribution in [2.45, 2.75) is 58.1 Å². The van der Waals surface area contributed by atoms with E-state index in [-0.39, 0.29) is 47.2 Å². The zero-order valence-electron chi connectivity index (χ0n) is 22.0. The normalized spacial score (nSPS) is 27.8. The number of fused-ring (bicyclic) bond motifs is 2. The standard InChI is InChI=1S/C29H33ClN4O4S/c1-28-10-8-22(36)29(2,16-35)21(28)14-20-25(19(28)13-24(37)32-15-17-6-4-3-5-7-17)33-27(39-20)34-26(38)18-9-11-31-23(30)12-18/h3-7,9,11-12,19,21-22,35-36H,8,10,13-16H2,1-2H3,(H,32,37)(H,33,34,38). The Morgan fingerprint density at radius 3 is 2.69 bits per heavy atom. The van der Waals surface area contributed by atoms with Gasteiger partial charge in [-0.2, -0.15) is 0 Å². The number of benzene rings is 1. The second-order valence-corrected chi connectivity index (χ2v) is 12.6. The predicted molar refractivity (Wildman–Crippen MR) is 151 cm³/mol. The first-order chi connectivity index (χ1) is 18.6. The summed E-state index contributed by atoms with van der Waals surface area (Å²) in [4.78, 5) is 35.9. The Morgan fingerprint density at radius 1 is 1.21 bits per heavy atom. The maximum absolute atomic E-state index is 13.3. The Labute approximate surface area is 236 Å². The number of carbonyl (C=O) groups excluding carboxylic acids is 2. The summed E-state index contributed by atoms with van der Waals surface area (Å²) in [6.07, 6.45) is 2.91. The van der Waals surface area contributed by atoms with Gasteiger partial charge in [-0.15, -0.1) is 11.3 Å². The lowest BCUT2D eigenvalue weighted by Crippen LogP contribution is -2.57. The van der Waals surface area contributed by atoms with E-state index < -0.39 is 11.5 Å². The first-order valence-electron chi connectivity index (χ1n) is 13.2. The number of nitrogens with zero attached hydrogens (tertiary/aromatic N) is 2. The number of halogens is 1.